The van der Waals surface area contributed by atoms with E-state index in [0.29, 0.717) is 24.2 Å². The highest BCUT2D eigenvalue weighted by Gasteiger charge is 2.13. The van der Waals surface area contributed by atoms with Crippen molar-refractivity contribution in [3.63, 3.8) is 0 Å². The normalized spacial score (nSPS) is 12.6. The molecular weight excluding hydrogens is 240 g/mol. The molecule has 0 bridgehead atoms. The molecule has 0 aliphatic rings. The van der Waals surface area contributed by atoms with Crippen molar-refractivity contribution >= 4 is 0 Å². The molecule has 5 nitrogen and oxygen atoms in total. The molecule has 0 fully saturated rings. The molecule has 0 amide bonds. The van der Waals surface area contributed by atoms with Gasteiger partial charge < -0.3 is 10.3 Å². The van der Waals surface area contributed by atoms with Crippen molar-refractivity contribution in [2.75, 3.05) is 6.54 Å². The van der Waals surface area contributed by atoms with E-state index in [1.165, 1.54) is 0 Å². The minimum Gasteiger partial charge on any atom is -0.339 e. The lowest BCUT2D eigenvalue weighted by molar-refractivity contribution is 0.366. The Balaban J connectivity index is 2.12. The summed E-state index contributed by atoms with van der Waals surface area (Å²) in [5.41, 5.74) is 7.54. The fourth-order valence-electron chi connectivity index (χ4n) is 1.87. The van der Waals surface area contributed by atoms with Gasteiger partial charge in [0.1, 0.15) is 5.69 Å². The van der Waals surface area contributed by atoms with E-state index in [2.05, 4.69) is 29.0 Å². The lowest BCUT2D eigenvalue weighted by Crippen LogP contribution is -2.11. The van der Waals surface area contributed by atoms with E-state index in [-0.39, 0.29) is 0 Å². The zero-order valence-corrected chi connectivity index (χ0v) is 11.5. The van der Waals surface area contributed by atoms with Crippen LogP contribution in [0.25, 0.3) is 11.5 Å². The predicted octanol–water partition coefficient (Wildman–Crippen LogP) is 2.22. The van der Waals surface area contributed by atoms with E-state index in [0.717, 1.165) is 30.5 Å². The second-order valence-electron chi connectivity index (χ2n) is 4.76. The fourth-order valence-corrected chi connectivity index (χ4v) is 1.87. The van der Waals surface area contributed by atoms with Crippen LogP contribution in [-0.2, 0) is 12.8 Å². The van der Waals surface area contributed by atoms with Crippen LogP contribution < -0.4 is 5.73 Å². The molecule has 0 saturated carbocycles. The Hall–Kier alpha value is -1.75. The molecule has 2 aromatic rings. The largest absolute Gasteiger partial charge is 0.339 e. The maximum Gasteiger partial charge on any atom is 0.227 e. The lowest BCUT2D eigenvalue weighted by atomic mass is 10.1. The van der Waals surface area contributed by atoms with Gasteiger partial charge in [-0.15, -0.1) is 0 Å². The smallest absolute Gasteiger partial charge is 0.227 e. The molecule has 1 atom stereocenters. The van der Waals surface area contributed by atoms with Gasteiger partial charge in [0.05, 0.1) is 0 Å². The van der Waals surface area contributed by atoms with Crippen molar-refractivity contribution in [1.82, 2.24) is 15.1 Å². The van der Waals surface area contributed by atoms with Gasteiger partial charge in [-0.3, -0.25) is 4.98 Å². The third-order valence-electron chi connectivity index (χ3n) is 3.21. The quantitative estimate of drug-likeness (QED) is 0.861. The number of aryl methyl sites for hydroxylation is 2. The van der Waals surface area contributed by atoms with Crippen LogP contribution in [0.3, 0.4) is 0 Å². The van der Waals surface area contributed by atoms with Gasteiger partial charge in [-0.2, -0.15) is 4.98 Å². The Morgan fingerprint density at radius 3 is 3.00 bits per heavy atom. The van der Waals surface area contributed by atoms with Crippen LogP contribution in [0.15, 0.2) is 22.9 Å². The Kier molecular flexibility index (Phi) is 4.63. The van der Waals surface area contributed by atoms with E-state index in [1.54, 1.807) is 6.20 Å². The number of hydrogen-bond acceptors (Lipinski definition) is 5. The van der Waals surface area contributed by atoms with E-state index < -0.39 is 0 Å². The van der Waals surface area contributed by atoms with Crippen molar-refractivity contribution < 1.29 is 4.52 Å². The number of nitrogens with two attached hydrogens (primary N) is 1. The SMILES string of the molecule is CCc1cccnc1-c1noc(CCC(C)CN)n1. The van der Waals surface area contributed by atoms with Crippen molar-refractivity contribution in [2.24, 2.45) is 11.7 Å². The zero-order chi connectivity index (χ0) is 13.7. The van der Waals surface area contributed by atoms with E-state index in [1.807, 2.05) is 12.1 Å². The highest BCUT2D eigenvalue weighted by Crippen LogP contribution is 2.19. The van der Waals surface area contributed by atoms with Crippen molar-refractivity contribution in [1.29, 1.82) is 0 Å². The number of hydrogen-bond donors (Lipinski definition) is 1. The molecule has 0 aliphatic heterocycles. The minimum absolute atomic E-state index is 0.469. The molecule has 0 saturated heterocycles. The molecule has 102 valence electrons. The maximum absolute atomic E-state index is 5.59. The molecule has 2 aromatic heterocycles. The van der Waals surface area contributed by atoms with Crippen molar-refractivity contribution in [3.05, 3.63) is 29.8 Å². The van der Waals surface area contributed by atoms with Crippen molar-refractivity contribution in [3.8, 4) is 11.5 Å². The average Bonchev–Trinajstić information content (AvgIpc) is 2.93. The Labute approximate surface area is 113 Å². The molecule has 0 aromatic carbocycles. The van der Waals surface area contributed by atoms with Crippen LogP contribution in [0.2, 0.25) is 0 Å². The van der Waals surface area contributed by atoms with Crippen LogP contribution in [0, 0.1) is 5.92 Å². The summed E-state index contributed by atoms with van der Waals surface area (Å²) in [5.74, 6) is 1.70. The number of pyridine rings is 1. The highest BCUT2D eigenvalue weighted by molar-refractivity contribution is 5.53. The van der Waals surface area contributed by atoms with Crippen LogP contribution in [0.5, 0.6) is 0 Å². The summed E-state index contributed by atoms with van der Waals surface area (Å²) in [7, 11) is 0. The number of rotatable bonds is 6. The van der Waals surface area contributed by atoms with E-state index in [9.17, 15) is 0 Å². The summed E-state index contributed by atoms with van der Waals surface area (Å²) in [6, 6.07) is 3.96. The first-order valence-corrected chi connectivity index (χ1v) is 6.71. The van der Waals surface area contributed by atoms with Gasteiger partial charge in [0.15, 0.2) is 0 Å². The Morgan fingerprint density at radius 1 is 1.42 bits per heavy atom. The highest BCUT2D eigenvalue weighted by atomic mass is 16.5. The molecule has 0 radical (unpaired) electrons. The van der Waals surface area contributed by atoms with E-state index in [4.69, 9.17) is 10.3 Å². The second kappa shape index (κ2) is 6.43. The second-order valence-corrected chi connectivity index (χ2v) is 4.76. The summed E-state index contributed by atoms with van der Waals surface area (Å²) < 4.78 is 5.27. The maximum atomic E-state index is 5.59. The molecule has 2 N–H and O–H groups in total. The monoisotopic (exact) mass is 260 g/mol. The third-order valence-corrected chi connectivity index (χ3v) is 3.21. The standard InChI is InChI=1S/C14H20N4O/c1-3-11-5-4-8-16-13(11)14-17-12(19-18-14)7-6-10(2)9-15/h4-5,8,10H,3,6-7,9,15H2,1-2H3. The summed E-state index contributed by atoms with van der Waals surface area (Å²) in [4.78, 5) is 8.75. The minimum atomic E-state index is 0.469. The van der Waals surface area contributed by atoms with E-state index >= 15 is 0 Å². The molecule has 19 heavy (non-hydrogen) atoms. The molecule has 5 heteroatoms. The van der Waals surface area contributed by atoms with Gasteiger partial charge in [-0.1, -0.05) is 25.1 Å². The first kappa shape index (κ1) is 13.7. The molecule has 2 rings (SSSR count). The molecular formula is C14H20N4O. The summed E-state index contributed by atoms with van der Waals surface area (Å²) in [5, 5.41) is 4.02. The topological polar surface area (TPSA) is 77.8 Å². The van der Waals surface area contributed by atoms with Gasteiger partial charge in [0.2, 0.25) is 11.7 Å². The summed E-state index contributed by atoms with van der Waals surface area (Å²) >= 11 is 0. The zero-order valence-electron chi connectivity index (χ0n) is 11.5. The van der Waals surface area contributed by atoms with Gasteiger partial charge >= 0.3 is 0 Å². The fraction of sp³-hybridized carbons (Fsp3) is 0.500. The average molecular weight is 260 g/mol. The molecule has 0 aliphatic carbocycles. The Bertz CT molecular complexity index is 524. The van der Waals surface area contributed by atoms with Gasteiger partial charge in [0, 0.05) is 12.6 Å². The van der Waals surface area contributed by atoms with Gasteiger partial charge in [0.25, 0.3) is 0 Å². The van der Waals surface area contributed by atoms with Crippen LogP contribution >= 0.6 is 0 Å². The van der Waals surface area contributed by atoms with Crippen LogP contribution in [-0.4, -0.2) is 21.7 Å². The first-order chi connectivity index (χ1) is 9.24. The molecule has 0 spiro atoms. The summed E-state index contributed by atoms with van der Waals surface area (Å²) in [6.45, 7) is 4.89. The predicted molar refractivity (Wildman–Crippen MR) is 73.4 cm³/mol. The third kappa shape index (κ3) is 3.38. The van der Waals surface area contributed by atoms with Crippen LogP contribution in [0.4, 0.5) is 0 Å². The summed E-state index contributed by atoms with van der Waals surface area (Å²) in [6.07, 6.45) is 4.37. The number of nitrogens with zero attached hydrogens (tertiary/aromatic N) is 3. The first-order valence-electron chi connectivity index (χ1n) is 6.71. The van der Waals surface area contributed by atoms with Gasteiger partial charge in [-0.05, 0) is 36.9 Å². The number of aromatic nitrogens is 3. The lowest BCUT2D eigenvalue weighted by Gasteiger charge is -2.04. The molecule has 2 heterocycles. The Morgan fingerprint density at radius 2 is 2.26 bits per heavy atom. The van der Waals surface area contributed by atoms with Crippen molar-refractivity contribution in [2.45, 2.75) is 33.1 Å². The van der Waals surface area contributed by atoms with Gasteiger partial charge in [-0.25, -0.2) is 0 Å². The van der Waals surface area contributed by atoms with Crippen LogP contribution in [0.1, 0.15) is 31.7 Å². The molecule has 1 unspecified atom stereocenters.